The van der Waals surface area contributed by atoms with E-state index in [1.165, 1.54) is 0 Å². The number of nitrogens with one attached hydrogen (secondary N) is 1. The minimum atomic E-state index is -0.871. The molecule has 3 aliphatic carbocycles. The molecule has 0 aromatic carbocycles. The van der Waals surface area contributed by atoms with Crippen LogP contribution < -0.4 is 5.32 Å². The van der Waals surface area contributed by atoms with Crippen LogP contribution in [0.4, 0.5) is 0 Å². The van der Waals surface area contributed by atoms with Gasteiger partial charge in [-0.3, -0.25) is 9.59 Å². The van der Waals surface area contributed by atoms with E-state index in [1.54, 1.807) is 20.0 Å². The van der Waals surface area contributed by atoms with Gasteiger partial charge in [-0.25, -0.2) is 4.79 Å². The highest BCUT2D eigenvalue weighted by Crippen LogP contribution is 2.64. The smallest absolute Gasteiger partial charge is 0.330 e. The van der Waals surface area contributed by atoms with Crippen LogP contribution in [0.15, 0.2) is 11.6 Å². The van der Waals surface area contributed by atoms with Crippen LogP contribution in [0.1, 0.15) is 59.8 Å². The average Bonchev–Trinajstić information content (AvgIpc) is 2.69. The number of ketones is 2. The predicted octanol–water partition coefficient (Wildman–Crippen LogP) is 2.68. The first-order valence-corrected chi connectivity index (χ1v) is 11.3. The number of aliphatic hydroxyl groups is 1. The molecule has 168 valence electrons. The molecule has 30 heavy (non-hydrogen) atoms. The first kappa shape index (κ1) is 23.1. The lowest BCUT2D eigenvalue weighted by atomic mass is 9.42. The number of esters is 1. The van der Waals surface area contributed by atoms with Crippen molar-refractivity contribution >= 4 is 17.5 Å². The molecular weight excluding hydrogens is 382 g/mol. The second kappa shape index (κ2) is 8.54. The van der Waals surface area contributed by atoms with Gasteiger partial charge >= 0.3 is 5.97 Å². The van der Waals surface area contributed by atoms with E-state index in [1.807, 2.05) is 13.8 Å². The van der Waals surface area contributed by atoms with E-state index in [2.05, 4.69) is 12.2 Å². The number of rotatable bonds is 5. The van der Waals surface area contributed by atoms with Crippen molar-refractivity contribution in [3.8, 4) is 0 Å². The van der Waals surface area contributed by atoms with Gasteiger partial charge in [0, 0.05) is 25.0 Å². The molecule has 2 N–H and O–H groups in total. The number of likely N-dealkylation sites (N-methyl/N-ethyl adjacent to an activating group) is 1. The van der Waals surface area contributed by atoms with Crippen molar-refractivity contribution in [1.29, 1.82) is 0 Å². The molecule has 0 saturated heterocycles. The number of hydrogen-bond acceptors (Lipinski definition) is 6. The molecule has 6 nitrogen and oxygen atoms in total. The summed E-state index contributed by atoms with van der Waals surface area (Å²) in [6.07, 6.45) is 4.23. The SMILES string of the molecule is CNCCOC(=O)/C=C1\CC[C@H]2[C@@H](C(=O)C[C@@H]3[C@]2(C)CCC(O)[C@]3(C)C(C)=O)[C@H]1C. The molecule has 3 fully saturated rings. The van der Waals surface area contributed by atoms with Crippen LogP contribution in [0, 0.1) is 34.5 Å². The first-order chi connectivity index (χ1) is 14.1. The van der Waals surface area contributed by atoms with Crippen molar-refractivity contribution in [3.05, 3.63) is 11.6 Å². The standard InChI is InChI=1S/C24H37NO5/c1-14-16(12-21(29)30-11-10-25-5)6-7-17-22(14)18(27)13-19-23(17,3)9-8-20(28)24(19,4)15(2)26/h12,14,17,19-20,22,25,28H,6-11,13H2,1-5H3/b16-12+/t14-,17-,19+,20?,22-,23+,24+/m0/s1. The normalized spacial score (nSPS) is 42.4. The van der Waals surface area contributed by atoms with Gasteiger partial charge in [-0.15, -0.1) is 0 Å². The van der Waals surface area contributed by atoms with Crippen LogP contribution in [0.5, 0.6) is 0 Å². The molecule has 0 radical (unpaired) electrons. The minimum Gasteiger partial charge on any atom is -0.461 e. The number of ether oxygens (including phenoxy) is 1. The van der Waals surface area contributed by atoms with Gasteiger partial charge in [0.05, 0.1) is 11.5 Å². The zero-order chi connectivity index (χ0) is 22.3. The largest absolute Gasteiger partial charge is 0.461 e. The Morgan fingerprint density at radius 1 is 1.30 bits per heavy atom. The molecule has 3 saturated carbocycles. The Balaban J connectivity index is 1.86. The highest BCUT2D eigenvalue weighted by Gasteiger charge is 2.63. The molecule has 3 rings (SSSR count). The first-order valence-electron chi connectivity index (χ1n) is 11.3. The molecule has 1 unspecified atom stereocenters. The summed E-state index contributed by atoms with van der Waals surface area (Å²) in [4.78, 5) is 38.1. The Labute approximate surface area is 179 Å². The summed E-state index contributed by atoms with van der Waals surface area (Å²) in [5.74, 6) is -0.310. The second-order valence-corrected chi connectivity index (χ2v) is 10.1. The molecule has 6 heteroatoms. The topological polar surface area (TPSA) is 92.7 Å². The van der Waals surface area contributed by atoms with E-state index in [0.717, 1.165) is 24.8 Å². The van der Waals surface area contributed by atoms with E-state index in [-0.39, 0.29) is 46.6 Å². The van der Waals surface area contributed by atoms with Crippen LogP contribution >= 0.6 is 0 Å². The lowest BCUT2D eigenvalue weighted by Crippen LogP contribution is -2.62. The Bertz CT molecular complexity index is 746. The summed E-state index contributed by atoms with van der Waals surface area (Å²) in [5, 5.41) is 13.7. The van der Waals surface area contributed by atoms with Crippen LogP contribution in [-0.4, -0.2) is 48.9 Å². The Morgan fingerprint density at radius 3 is 2.63 bits per heavy atom. The molecular formula is C24H37NO5. The van der Waals surface area contributed by atoms with Crippen molar-refractivity contribution in [3.63, 3.8) is 0 Å². The van der Waals surface area contributed by atoms with E-state index in [9.17, 15) is 19.5 Å². The number of aliphatic hydroxyl groups excluding tert-OH is 1. The van der Waals surface area contributed by atoms with Gasteiger partial charge in [-0.2, -0.15) is 0 Å². The number of fused-ring (bicyclic) bond motifs is 3. The van der Waals surface area contributed by atoms with Crippen molar-refractivity contribution < 1.29 is 24.2 Å². The maximum Gasteiger partial charge on any atom is 0.330 e. The molecule has 0 heterocycles. The maximum absolute atomic E-state index is 13.4. The predicted molar refractivity (Wildman–Crippen MR) is 114 cm³/mol. The summed E-state index contributed by atoms with van der Waals surface area (Å²) < 4.78 is 5.24. The molecule has 0 amide bonds. The average molecular weight is 420 g/mol. The zero-order valence-electron chi connectivity index (χ0n) is 19.0. The number of carbonyl (C=O) groups is 3. The number of hydrogen-bond donors (Lipinski definition) is 2. The van der Waals surface area contributed by atoms with E-state index in [0.29, 0.717) is 26.0 Å². The summed E-state index contributed by atoms with van der Waals surface area (Å²) in [7, 11) is 1.81. The van der Waals surface area contributed by atoms with E-state index in [4.69, 9.17) is 4.74 Å². The van der Waals surface area contributed by atoms with Crippen molar-refractivity contribution in [1.82, 2.24) is 5.32 Å². The monoisotopic (exact) mass is 419 g/mol. The number of carbonyl (C=O) groups excluding carboxylic acids is 3. The summed E-state index contributed by atoms with van der Waals surface area (Å²) >= 11 is 0. The molecule has 0 spiro atoms. The maximum atomic E-state index is 13.4. The van der Waals surface area contributed by atoms with Crippen LogP contribution in [0.25, 0.3) is 0 Å². The summed E-state index contributed by atoms with van der Waals surface area (Å²) in [6.45, 7) is 8.61. The third-order valence-corrected chi connectivity index (χ3v) is 8.75. The molecule has 0 bridgehead atoms. The minimum absolute atomic E-state index is 0.0127. The molecule has 0 aromatic rings. The van der Waals surface area contributed by atoms with Gasteiger partial charge in [0.25, 0.3) is 0 Å². The lowest BCUT2D eigenvalue weighted by molar-refractivity contribution is -0.181. The van der Waals surface area contributed by atoms with Gasteiger partial charge in [0.1, 0.15) is 18.2 Å². The van der Waals surface area contributed by atoms with E-state index < -0.39 is 11.5 Å². The Kier molecular flexibility index (Phi) is 6.59. The second-order valence-electron chi connectivity index (χ2n) is 10.1. The molecule has 0 aliphatic heterocycles. The summed E-state index contributed by atoms with van der Waals surface area (Å²) in [5.41, 5.74) is -0.0404. The van der Waals surface area contributed by atoms with E-state index >= 15 is 0 Å². The van der Waals surface area contributed by atoms with Gasteiger partial charge in [0.15, 0.2) is 0 Å². The lowest BCUT2D eigenvalue weighted by Gasteiger charge is -2.62. The number of Topliss-reactive ketones (excluding diaryl/α,β-unsaturated/α-hetero) is 2. The third-order valence-electron chi connectivity index (χ3n) is 8.75. The van der Waals surface area contributed by atoms with Gasteiger partial charge in [-0.05, 0) is 69.7 Å². The van der Waals surface area contributed by atoms with Crippen molar-refractivity contribution in [2.45, 2.75) is 65.9 Å². The third kappa shape index (κ3) is 3.66. The van der Waals surface area contributed by atoms with Crippen LogP contribution in [-0.2, 0) is 19.1 Å². The Hall–Kier alpha value is -1.53. The van der Waals surface area contributed by atoms with Crippen LogP contribution in [0.2, 0.25) is 0 Å². The number of allylic oxidation sites excluding steroid dienone is 1. The Morgan fingerprint density at radius 2 is 2.00 bits per heavy atom. The fraction of sp³-hybridized carbons (Fsp3) is 0.792. The summed E-state index contributed by atoms with van der Waals surface area (Å²) in [6, 6.07) is 0. The van der Waals surface area contributed by atoms with Crippen LogP contribution in [0.3, 0.4) is 0 Å². The fourth-order valence-electron chi connectivity index (χ4n) is 6.75. The highest BCUT2D eigenvalue weighted by atomic mass is 16.5. The molecule has 7 atom stereocenters. The van der Waals surface area contributed by atoms with Gasteiger partial charge < -0.3 is 15.2 Å². The van der Waals surface area contributed by atoms with Gasteiger partial charge in [-0.1, -0.05) is 19.4 Å². The van der Waals surface area contributed by atoms with Gasteiger partial charge in [0.2, 0.25) is 0 Å². The fourth-order valence-corrected chi connectivity index (χ4v) is 6.75. The van der Waals surface area contributed by atoms with Crippen molar-refractivity contribution in [2.75, 3.05) is 20.2 Å². The quantitative estimate of drug-likeness (QED) is 0.404. The molecule has 0 aromatic heterocycles. The van der Waals surface area contributed by atoms with Crippen molar-refractivity contribution in [2.24, 2.45) is 34.5 Å². The zero-order valence-corrected chi connectivity index (χ0v) is 19.0. The molecule has 3 aliphatic rings. The highest BCUT2D eigenvalue weighted by molar-refractivity contribution is 5.88.